The quantitative estimate of drug-likeness (QED) is 0.767. The van der Waals surface area contributed by atoms with Gasteiger partial charge in [0.05, 0.1) is 0 Å². The minimum absolute atomic E-state index is 0.259. The summed E-state index contributed by atoms with van der Waals surface area (Å²) in [5.41, 5.74) is 1.10. The van der Waals surface area contributed by atoms with Crippen LogP contribution in [0.3, 0.4) is 0 Å². The first-order valence-corrected chi connectivity index (χ1v) is 5.71. The Kier molecular flexibility index (Phi) is 9.01. The Labute approximate surface area is 103 Å². The summed E-state index contributed by atoms with van der Waals surface area (Å²) in [6.45, 7) is 5.61. The number of hydrogen-bond acceptors (Lipinski definition) is 4. The number of carbonyl (C=O) groups is 1. The molecule has 0 spiro atoms. The van der Waals surface area contributed by atoms with Crippen LogP contribution in [0.15, 0.2) is 24.3 Å². The fraction of sp³-hybridized carbons (Fsp3) is 0.462. The van der Waals surface area contributed by atoms with E-state index < -0.39 is 0 Å². The third kappa shape index (κ3) is 6.71. The normalized spacial score (nSPS) is 11.1. The van der Waals surface area contributed by atoms with Gasteiger partial charge in [-0.05, 0) is 45.3 Å². The smallest absolute Gasteiger partial charge is 0.298 e. The highest BCUT2D eigenvalue weighted by atomic mass is 16.5. The molecular weight excluding hydrogens is 216 g/mol. The third-order valence-electron chi connectivity index (χ3n) is 2.33. The highest BCUT2D eigenvalue weighted by molar-refractivity contribution is 5.45. The van der Waals surface area contributed by atoms with Gasteiger partial charge in [0, 0.05) is 6.04 Å². The van der Waals surface area contributed by atoms with Gasteiger partial charge in [0.25, 0.3) is 6.47 Å². The lowest BCUT2D eigenvalue weighted by Gasteiger charge is -2.10. The Morgan fingerprint density at radius 1 is 1.41 bits per heavy atom. The van der Waals surface area contributed by atoms with Gasteiger partial charge in [-0.15, -0.1) is 0 Å². The molecule has 1 aromatic rings. The minimum atomic E-state index is 0.259. The summed E-state index contributed by atoms with van der Waals surface area (Å²) >= 11 is 0. The first-order chi connectivity index (χ1) is 8.19. The van der Waals surface area contributed by atoms with Crippen molar-refractivity contribution in [3.8, 4) is 5.75 Å². The molecule has 1 atom stereocenters. The van der Waals surface area contributed by atoms with Crippen LogP contribution in [-0.4, -0.2) is 27.1 Å². The minimum Gasteiger partial charge on any atom is -0.429 e. The average Bonchev–Trinajstić information content (AvgIpc) is 2.39. The third-order valence-corrected chi connectivity index (χ3v) is 2.33. The van der Waals surface area contributed by atoms with E-state index in [9.17, 15) is 4.79 Å². The highest BCUT2D eigenvalue weighted by Gasteiger charge is 2.02. The van der Waals surface area contributed by atoms with Gasteiger partial charge < -0.3 is 15.4 Å². The van der Waals surface area contributed by atoms with Crippen LogP contribution in [0.4, 0.5) is 0 Å². The van der Waals surface area contributed by atoms with Gasteiger partial charge in [0.15, 0.2) is 0 Å². The zero-order valence-corrected chi connectivity index (χ0v) is 11.0. The SMILES string of the molecule is CCNC.CNC(C)c1cccc(OC=O)c1. The molecular formula is C13H22N2O2. The van der Waals surface area contributed by atoms with Crippen molar-refractivity contribution in [2.45, 2.75) is 19.9 Å². The lowest BCUT2D eigenvalue weighted by molar-refractivity contribution is -0.120. The molecule has 0 aliphatic rings. The average molecular weight is 238 g/mol. The first-order valence-electron chi connectivity index (χ1n) is 5.71. The Bertz CT molecular complexity index is 314. The molecule has 0 aromatic heterocycles. The maximum atomic E-state index is 10.1. The summed E-state index contributed by atoms with van der Waals surface area (Å²) in [5.74, 6) is 0.578. The highest BCUT2D eigenvalue weighted by Crippen LogP contribution is 2.17. The molecule has 1 rings (SSSR count). The van der Waals surface area contributed by atoms with Crippen molar-refractivity contribution in [2.24, 2.45) is 0 Å². The number of ether oxygens (including phenoxy) is 1. The van der Waals surface area contributed by atoms with Crippen LogP contribution in [0.25, 0.3) is 0 Å². The zero-order chi connectivity index (χ0) is 13.1. The Balaban J connectivity index is 0.000000557. The van der Waals surface area contributed by atoms with Crippen molar-refractivity contribution in [2.75, 3.05) is 20.6 Å². The topological polar surface area (TPSA) is 50.4 Å². The maximum absolute atomic E-state index is 10.1. The van der Waals surface area contributed by atoms with E-state index in [0.29, 0.717) is 12.2 Å². The molecule has 0 aliphatic carbocycles. The largest absolute Gasteiger partial charge is 0.429 e. The standard InChI is InChI=1S/C10H13NO2.C3H9N/c1-8(11-2)9-4-3-5-10(6-9)13-7-12;1-3-4-2/h3-8,11H,1-2H3;4H,3H2,1-2H3. The van der Waals surface area contributed by atoms with Crippen molar-refractivity contribution in [3.63, 3.8) is 0 Å². The fourth-order valence-corrected chi connectivity index (χ4v) is 1.08. The van der Waals surface area contributed by atoms with Crippen molar-refractivity contribution < 1.29 is 9.53 Å². The van der Waals surface area contributed by atoms with E-state index in [-0.39, 0.29) is 6.04 Å². The predicted molar refractivity (Wildman–Crippen MR) is 70.2 cm³/mol. The van der Waals surface area contributed by atoms with Crippen LogP contribution in [0.1, 0.15) is 25.5 Å². The molecule has 0 aliphatic heterocycles. The summed E-state index contributed by atoms with van der Waals surface area (Å²) < 4.78 is 4.73. The van der Waals surface area contributed by atoms with E-state index in [1.54, 1.807) is 6.07 Å². The van der Waals surface area contributed by atoms with Crippen LogP contribution in [0.2, 0.25) is 0 Å². The first kappa shape index (κ1) is 15.6. The molecule has 0 fully saturated rings. The van der Waals surface area contributed by atoms with Crippen molar-refractivity contribution in [1.29, 1.82) is 0 Å². The number of hydrogen-bond donors (Lipinski definition) is 2. The van der Waals surface area contributed by atoms with Crippen molar-refractivity contribution in [3.05, 3.63) is 29.8 Å². The fourth-order valence-electron chi connectivity index (χ4n) is 1.08. The van der Waals surface area contributed by atoms with E-state index >= 15 is 0 Å². The second-order valence-electron chi connectivity index (χ2n) is 3.50. The van der Waals surface area contributed by atoms with Crippen molar-refractivity contribution >= 4 is 6.47 Å². The number of nitrogens with one attached hydrogen (secondary N) is 2. The van der Waals surface area contributed by atoms with Gasteiger partial charge in [-0.3, -0.25) is 4.79 Å². The Hall–Kier alpha value is -1.39. The van der Waals surface area contributed by atoms with Gasteiger partial charge in [-0.2, -0.15) is 0 Å². The molecule has 4 nitrogen and oxygen atoms in total. The van der Waals surface area contributed by atoms with Crippen LogP contribution < -0.4 is 15.4 Å². The number of benzene rings is 1. The van der Waals surface area contributed by atoms with Crippen LogP contribution in [0, 0.1) is 0 Å². The Morgan fingerprint density at radius 2 is 2.06 bits per heavy atom. The monoisotopic (exact) mass is 238 g/mol. The van der Waals surface area contributed by atoms with Gasteiger partial charge in [-0.25, -0.2) is 0 Å². The van der Waals surface area contributed by atoms with Crippen LogP contribution in [-0.2, 0) is 4.79 Å². The van der Waals surface area contributed by atoms with Crippen molar-refractivity contribution in [1.82, 2.24) is 10.6 Å². The molecule has 0 heterocycles. The summed E-state index contributed by atoms with van der Waals surface area (Å²) in [6, 6.07) is 7.70. The molecule has 2 N–H and O–H groups in total. The second-order valence-corrected chi connectivity index (χ2v) is 3.50. The summed E-state index contributed by atoms with van der Waals surface area (Å²) in [6.07, 6.45) is 0. The van der Waals surface area contributed by atoms with Gasteiger partial charge in [0.1, 0.15) is 5.75 Å². The lowest BCUT2D eigenvalue weighted by Crippen LogP contribution is -2.12. The Morgan fingerprint density at radius 3 is 2.53 bits per heavy atom. The summed E-state index contributed by atoms with van der Waals surface area (Å²) in [5, 5.41) is 6.04. The molecule has 0 amide bonds. The van der Waals surface area contributed by atoms with E-state index in [0.717, 1.165) is 12.1 Å². The predicted octanol–water partition coefficient (Wildman–Crippen LogP) is 1.73. The molecule has 96 valence electrons. The molecule has 1 unspecified atom stereocenters. The molecule has 0 saturated heterocycles. The lowest BCUT2D eigenvalue weighted by atomic mass is 10.1. The zero-order valence-electron chi connectivity index (χ0n) is 11.0. The molecule has 0 radical (unpaired) electrons. The van der Waals surface area contributed by atoms with E-state index in [1.807, 2.05) is 39.2 Å². The van der Waals surface area contributed by atoms with Gasteiger partial charge in [0.2, 0.25) is 0 Å². The molecule has 4 heteroatoms. The number of rotatable bonds is 5. The van der Waals surface area contributed by atoms with E-state index in [2.05, 4.69) is 17.6 Å². The molecule has 0 saturated carbocycles. The van der Waals surface area contributed by atoms with Crippen LogP contribution >= 0.6 is 0 Å². The summed E-state index contributed by atoms with van der Waals surface area (Å²) in [4.78, 5) is 10.1. The molecule has 0 bridgehead atoms. The van der Waals surface area contributed by atoms with Gasteiger partial charge >= 0.3 is 0 Å². The van der Waals surface area contributed by atoms with E-state index in [4.69, 9.17) is 4.74 Å². The maximum Gasteiger partial charge on any atom is 0.298 e. The van der Waals surface area contributed by atoms with Gasteiger partial charge in [-0.1, -0.05) is 19.1 Å². The molecule has 1 aromatic carbocycles. The number of carbonyl (C=O) groups excluding carboxylic acids is 1. The van der Waals surface area contributed by atoms with Crippen LogP contribution in [0.5, 0.6) is 5.75 Å². The molecule has 17 heavy (non-hydrogen) atoms. The van der Waals surface area contributed by atoms with E-state index in [1.165, 1.54) is 0 Å². The summed E-state index contributed by atoms with van der Waals surface area (Å²) in [7, 11) is 3.82. The second kappa shape index (κ2) is 9.81.